The molecule has 0 saturated carbocycles. The number of aliphatic hydroxyl groups is 1. The van der Waals surface area contributed by atoms with E-state index >= 15 is 0 Å². The number of piperidine rings is 1. The molecule has 0 amide bonds. The number of alkyl halides is 3. The lowest BCUT2D eigenvalue weighted by atomic mass is 9.71. The van der Waals surface area contributed by atoms with Crippen LogP contribution in [0.5, 0.6) is 0 Å². The second-order valence-corrected chi connectivity index (χ2v) is 9.60. The standard InChI is InChI=1S/C25H33F3N2O2/c1-17-12-19(14-21(13-17)25(26,27)28)18(2)32-16-23(20-8-6-5-7-9-20)10-11-24(29,15-30-23)22(3,4)31/h5-9,12-14,18,30-31H,10-11,15-16,29H2,1-4H3/t18-,23-,24-/m1/s1. The monoisotopic (exact) mass is 450 g/mol. The van der Waals surface area contributed by atoms with Crippen LogP contribution < -0.4 is 11.1 Å². The highest BCUT2D eigenvalue weighted by Crippen LogP contribution is 2.39. The number of hydrogen-bond donors (Lipinski definition) is 3. The summed E-state index contributed by atoms with van der Waals surface area (Å²) in [5.74, 6) is 0. The third-order valence-corrected chi connectivity index (χ3v) is 6.76. The summed E-state index contributed by atoms with van der Waals surface area (Å²) in [6, 6.07) is 13.8. The maximum atomic E-state index is 13.3. The van der Waals surface area contributed by atoms with Crippen LogP contribution in [0.15, 0.2) is 48.5 Å². The van der Waals surface area contributed by atoms with Gasteiger partial charge in [-0.15, -0.1) is 0 Å². The first-order chi connectivity index (χ1) is 14.8. The number of halogens is 3. The van der Waals surface area contributed by atoms with Crippen molar-refractivity contribution in [2.75, 3.05) is 13.2 Å². The summed E-state index contributed by atoms with van der Waals surface area (Å²) < 4.78 is 45.9. The van der Waals surface area contributed by atoms with Gasteiger partial charge in [0.05, 0.1) is 35.0 Å². The molecule has 2 aromatic carbocycles. The molecule has 4 nitrogen and oxygen atoms in total. The van der Waals surface area contributed by atoms with E-state index in [2.05, 4.69) is 5.32 Å². The predicted molar refractivity (Wildman–Crippen MR) is 119 cm³/mol. The minimum atomic E-state index is -4.40. The van der Waals surface area contributed by atoms with Crippen LogP contribution in [0.3, 0.4) is 0 Å². The van der Waals surface area contributed by atoms with Crippen molar-refractivity contribution in [3.8, 4) is 0 Å². The van der Waals surface area contributed by atoms with Crippen molar-refractivity contribution in [1.29, 1.82) is 0 Å². The molecule has 0 unspecified atom stereocenters. The van der Waals surface area contributed by atoms with E-state index < -0.39 is 34.5 Å². The van der Waals surface area contributed by atoms with E-state index in [1.807, 2.05) is 30.3 Å². The molecule has 4 N–H and O–H groups in total. The Morgan fingerprint density at radius 3 is 2.31 bits per heavy atom. The SMILES string of the molecule is Cc1cc([C@@H](C)OC[C@@]2(c3ccccc3)CC[C@](N)(C(C)(C)O)CN2)cc(C(F)(F)F)c1. The fraction of sp³-hybridized carbons (Fsp3) is 0.520. The molecule has 0 aliphatic carbocycles. The van der Waals surface area contributed by atoms with Crippen molar-refractivity contribution in [2.24, 2.45) is 5.73 Å². The van der Waals surface area contributed by atoms with Gasteiger partial charge in [-0.05, 0) is 63.8 Å². The molecule has 2 aromatic rings. The average Bonchev–Trinajstić information content (AvgIpc) is 2.72. The lowest BCUT2D eigenvalue weighted by Crippen LogP contribution is -2.69. The Labute approximate surface area is 188 Å². The maximum Gasteiger partial charge on any atom is 0.416 e. The molecule has 3 atom stereocenters. The second kappa shape index (κ2) is 8.78. The average molecular weight is 451 g/mol. The summed E-state index contributed by atoms with van der Waals surface area (Å²) in [6.07, 6.45) is -3.75. The lowest BCUT2D eigenvalue weighted by molar-refractivity contribution is -0.137. The van der Waals surface area contributed by atoms with Crippen molar-refractivity contribution < 1.29 is 23.0 Å². The first-order valence-corrected chi connectivity index (χ1v) is 10.9. The zero-order chi connectivity index (χ0) is 23.8. The number of hydrogen-bond acceptors (Lipinski definition) is 4. The first kappa shape index (κ1) is 24.7. The van der Waals surface area contributed by atoms with Crippen molar-refractivity contribution >= 4 is 0 Å². The molecule has 1 aliphatic rings. The van der Waals surface area contributed by atoms with Crippen LogP contribution in [0, 0.1) is 6.92 Å². The van der Waals surface area contributed by atoms with E-state index in [0.29, 0.717) is 30.5 Å². The Kier molecular flexibility index (Phi) is 6.78. The summed E-state index contributed by atoms with van der Waals surface area (Å²) in [7, 11) is 0. The first-order valence-electron chi connectivity index (χ1n) is 10.9. The fourth-order valence-electron chi connectivity index (χ4n) is 4.25. The van der Waals surface area contributed by atoms with Gasteiger partial charge < -0.3 is 20.9 Å². The molecule has 1 heterocycles. The molecule has 1 fully saturated rings. The summed E-state index contributed by atoms with van der Waals surface area (Å²) >= 11 is 0. The molecule has 0 spiro atoms. The van der Waals surface area contributed by atoms with Crippen LogP contribution >= 0.6 is 0 Å². The van der Waals surface area contributed by atoms with E-state index in [4.69, 9.17) is 10.5 Å². The van der Waals surface area contributed by atoms with Crippen LogP contribution in [0.1, 0.15) is 62.0 Å². The Morgan fingerprint density at radius 1 is 1.12 bits per heavy atom. The van der Waals surface area contributed by atoms with Crippen molar-refractivity contribution in [1.82, 2.24) is 5.32 Å². The molecule has 0 aromatic heterocycles. The van der Waals surface area contributed by atoms with Crippen molar-refractivity contribution in [3.05, 3.63) is 70.8 Å². The van der Waals surface area contributed by atoms with E-state index in [1.54, 1.807) is 33.8 Å². The van der Waals surface area contributed by atoms with Gasteiger partial charge in [-0.25, -0.2) is 0 Å². The van der Waals surface area contributed by atoms with Gasteiger partial charge in [-0.3, -0.25) is 0 Å². The van der Waals surface area contributed by atoms with Gasteiger partial charge in [0, 0.05) is 6.54 Å². The van der Waals surface area contributed by atoms with Crippen LogP contribution in [-0.4, -0.2) is 29.4 Å². The molecule has 32 heavy (non-hydrogen) atoms. The van der Waals surface area contributed by atoms with Gasteiger partial charge in [0.15, 0.2) is 0 Å². The largest absolute Gasteiger partial charge is 0.416 e. The third-order valence-electron chi connectivity index (χ3n) is 6.76. The van der Waals surface area contributed by atoms with Gasteiger partial charge in [-0.1, -0.05) is 42.0 Å². The van der Waals surface area contributed by atoms with Gasteiger partial charge in [0.25, 0.3) is 0 Å². The smallest absolute Gasteiger partial charge is 0.389 e. The van der Waals surface area contributed by atoms with Gasteiger partial charge in [-0.2, -0.15) is 13.2 Å². The number of nitrogens with two attached hydrogens (primary N) is 1. The summed E-state index contributed by atoms with van der Waals surface area (Å²) in [4.78, 5) is 0. The lowest BCUT2D eigenvalue weighted by Gasteiger charge is -2.50. The highest BCUT2D eigenvalue weighted by Gasteiger charge is 2.48. The quantitative estimate of drug-likeness (QED) is 0.589. The van der Waals surface area contributed by atoms with Gasteiger partial charge in [0.2, 0.25) is 0 Å². The molecular weight excluding hydrogens is 417 g/mol. The zero-order valence-electron chi connectivity index (χ0n) is 19.1. The summed E-state index contributed by atoms with van der Waals surface area (Å²) in [5, 5.41) is 14.0. The molecule has 7 heteroatoms. The summed E-state index contributed by atoms with van der Waals surface area (Å²) in [5.41, 5.74) is 5.45. The number of aryl methyl sites for hydroxylation is 1. The van der Waals surface area contributed by atoms with Gasteiger partial charge >= 0.3 is 6.18 Å². The number of nitrogens with one attached hydrogen (secondary N) is 1. The Morgan fingerprint density at radius 2 is 1.78 bits per heavy atom. The number of rotatable bonds is 6. The zero-order valence-corrected chi connectivity index (χ0v) is 19.1. The van der Waals surface area contributed by atoms with E-state index in [1.165, 1.54) is 0 Å². The molecule has 3 rings (SSSR count). The molecular formula is C25H33F3N2O2. The van der Waals surface area contributed by atoms with Crippen LogP contribution in [0.2, 0.25) is 0 Å². The Hall–Kier alpha value is -1.93. The van der Waals surface area contributed by atoms with Crippen LogP contribution in [-0.2, 0) is 16.5 Å². The molecule has 1 saturated heterocycles. The minimum Gasteiger partial charge on any atom is -0.389 e. The molecule has 176 valence electrons. The fourth-order valence-corrected chi connectivity index (χ4v) is 4.25. The van der Waals surface area contributed by atoms with E-state index in [0.717, 1.165) is 17.7 Å². The van der Waals surface area contributed by atoms with Crippen LogP contribution in [0.4, 0.5) is 13.2 Å². The predicted octanol–water partition coefficient (Wildman–Crippen LogP) is 4.84. The van der Waals surface area contributed by atoms with Crippen LogP contribution in [0.25, 0.3) is 0 Å². The Bertz CT molecular complexity index is 915. The third kappa shape index (κ3) is 5.17. The minimum absolute atomic E-state index is 0.259. The van der Waals surface area contributed by atoms with E-state index in [9.17, 15) is 18.3 Å². The maximum absolute atomic E-state index is 13.3. The van der Waals surface area contributed by atoms with Crippen molar-refractivity contribution in [2.45, 2.75) is 69.5 Å². The topological polar surface area (TPSA) is 67.5 Å². The summed E-state index contributed by atoms with van der Waals surface area (Å²) in [6.45, 7) is 7.47. The molecule has 1 aliphatic heterocycles. The van der Waals surface area contributed by atoms with Crippen molar-refractivity contribution in [3.63, 3.8) is 0 Å². The highest BCUT2D eigenvalue weighted by molar-refractivity contribution is 5.33. The van der Waals surface area contributed by atoms with Gasteiger partial charge in [0.1, 0.15) is 0 Å². The number of ether oxygens (including phenoxy) is 1. The molecule has 0 radical (unpaired) electrons. The normalized spacial score (nSPS) is 25.5. The number of benzene rings is 2. The van der Waals surface area contributed by atoms with E-state index in [-0.39, 0.29) is 6.61 Å². The Balaban J connectivity index is 1.83. The molecule has 0 bridgehead atoms. The second-order valence-electron chi connectivity index (χ2n) is 9.60. The highest BCUT2D eigenvalue weighted by atomic mass is 19.4.